The van der Waals surface area contributed by atoms with Gasteiger partial charge in [-0.2, -0.15) is 0 Å². The van der Waals surface area contributed by atoms with Gasteiger partial charge in [0.15, 0.2) is 0 Å². The summed E-state index contributed by atoms with van der Waals surface area (Å²) in [6.45, 7) is 9.85. The van der Waals surface area contributed by atoms with Gasteiger partial charge in [-0.1, -0.05) is 124 Å². The molecular weight excluding hydrogens is 671 g/mol. The van der Waals surface area contributed by atoms with Crippen molar-refractivity contribution in [3.63, 3.8) is 0 Å². The van der Waals surface area contributed by atoms with Crippen molar-refractivity contribution in [2.24, 2.45) is 29.1 Å². The van der Waals surface area contributed by atoms with Crippen molar-refractivity contribution in [1.82, 2.24) is 0 Å². The Kier molecular flexibility index (Phi) is 6.36. The fourth-order valence-corrected chi connectivity index (χ4v) is 15.0. The standard InChI is InChI=1S/C52H49NS/c1-49(2)24-25-50(3,4)48-42(49)13-9-14-43(48)53(38-20-18-34(19-21-38)36-17-16-33-10-5-6-11-35(33)28-36)39-22-23-41-45(30-39)54-44-15-8-7-12-40(44)52(41)46-27-32-26-37-29-47(52)51(37,46)31-32/h5-23,28,30,32,37,46-47H,24-27,29,31H2,1-4H3. The molecule has 6 unspecified atom stereocenters. The lowest BCUT2D eigenvalue weighted by Gasteiger charge is -2.78. The average Bonchev–Trinajstić information content (AvgIpc) is 3.72. The van der Waals surface area contributed by atoms with Crippen molar-refractivity contribution >= 4 is 39.6 Å². The monoisotopic (exact) mass is 719 g/mol. The molecule has 54 heavy (non-hydrogen) atoms. The highest BCUT2D eigenvalue weighted by Gasteiger charge is 2.84. The van der Waals surface area contributed by atoms with Crippen LogP contribution >= 0.6 is 11.8 Å². The molecule has 1 heterocycles. The van der Waals surface area contributed by atoms with Crippen LogP contribution in [0.4, 0.5) is 17.1 Å². The van der Waals surface area contributed by atoms with Crippen LogP contribution in [-0.2, 0) is 16.2 Å². The van der Waals surface area contributed by atoms with Crippen LogP contribution in [0.5, 0.6) is 0 Å². The van der Waals surface area contributed by atoms with Gasteiger partial charge in [-0.15, -0.1) is 0 Å². The van der Waals surface area contributed by atoms with Crippen LogP contribution in [0.25, 0.3) is 21.9 Å². The summed E-state index contributed by atoms with van der Waals surface area (Å²) >= 11 is 2.03. The molecule has 0 N–H and O–H groups in total. The minimum absolute atomic E-state index is 0.0689. The molecule has 2 spiro atoms. The Morgan fingerprint density at radius 2 is 1.26 bits per heavy atom. The third-order valence-electron chi connectivity index (χ3n) is 16.0. The minimum Gasteiger partial charge on any atom is -0.310 e. The number of fused-ring (bicyclic) bond motifs is 9. The topological polar surface area (TPSA) is 3.24 Å². The molecule has 1 nitrogen and oxygen atoms in total. The first-order chi connectivity index (χ1) is 26.2. The predicted molar refractivity (Wildman–Crippen MR) is 226 cm³/mol. The van der Waals surface area contributed by atoms with E-state index >= 15 is 0 Å². The smallest absolute Gasteiger partial charge is 0.0502 e. The highest BCUT2D eigenvalue weighted by atomic mass is 32.2. The lowest BCUT2D eigenvalue weighted by molar-refractivity contribution is -0.235. The van der Waals surface area contributed by atoms with E-state index in [1.54, 1.807) is 11.1 Å². The molecule has 6 atom stereocenters. The first-order valence-corrected chi connectivity index (χ1v) is 21.5. The number of anilines is 3. The van der Waals surface area contributed by atoms with Gasteiger partial charge in [0.05, 0.1) is 5.69 Å². The van der Waals surface area contributed by atoms with Crippen LogP contribution in [0.3, 0.4) is 0 Å². The molecule has 4 saturated carbocycles. The van der Waals surface area contributed by atoms with Crippen LogP contribution in [0.1, 0.15) is 88.5 Å². The van der Waals surface area contributed by atoms with Gasteiger partial charge in [-0.3, -0.25) is 0 Å². The van der Waals surface area contributed by atoms with Gasteiger partial charge in [0.2, 0.25) is 0 Å². The molecule has 2 heteroatoms. The zero-order chi connectivity index (χ0) is 36.2. The van der Waals surface area contributed by atoms with Gasteiger partial charge in [-0.05, 0) is 165 Å². The van der Waals surface area contributed by atoms with E-state index in [4.69, 9.17) is 0 Å². The van der Waals surface area contributed by atoms with Gasteiger partial charge in [0.1, 0.15) is 0 Å². The van der Waals surface area contributed by atoms with Gasteiger partial charge < -0.3 is 4.90 Å². The molecule has 4 fully saturated rings. The first-order valence-electron chi connectivity index (χ1n) is 20.6. The van der Waals surface area contributed by atoms with Gasteiger partial charge in [0.25, 0.3) is 0 Å². The Bertz CT molecular complexity index is 2540. The maximum atomic E-state index is 2.61. The van der Waals surface area contributed by atoms with Gasteiger partial charge in [-0.25, -0.2) is 0 Å². The zero-order valence-electron chi connectivity index (χ0n) is 32.0. The minimum atomic E-state index is 0.0689. The molecule has 12 rings (SSSR count). The largest absolute Gasteiger partial charge is 0.310 e. The van der Waals surface area contributed by atoms with Crippen LogP contribution in [0.2, 0.25) is 0 Å². The average molecular weight is 720 g/mol. The molecule has 0 saturated heterocycles. The van der Waals surface area contributed by atoms with E-state index in [2.05, 4.69) is 160 Å². The van der Waals surface area contributed by atoms with Crippen molar-refractivity contribution in [2.75, 3.05) is 4.90 Å². The molecule has 2 bridgehead atoms. The summed E-state index contributed by atoms with van der Waals surface area (Å²) in [6, 6.07) is 49.3. The number of nitrogens with zero attached hydrogens (tertiary/aromatic N) is 1. The number of benzene rings is 6. The molecule has 0 amide bonds. The highest BCUT2D eigenvalue weighted by Crippen LogP contribution is 2.89. The summed E-state index contributed by atoms with van der Waals surface area (Å²) in [7, 11) is 0. The van der Waals surface area contributed by atoms with Crippen molar-refractivity contribution < 1.29 is 0 Å². The van der Waals surface area contributed by atoms with E-state index in [0.29, 0.717) is 5.41 Å². The third-order valence-corrected chi connectivity index (χ3v) is 17.1. The Hall–Kier alpha value is -4.27. The van der Waals surface area contributed by atoms with E-state index in [0.717, 1.165) is 23.7 Å². The van der Waals surface area contributed by atoms with Gasteiger partial charge in [0, 0.05) is 26.6 Å². The third kappa shape index (κ3) is 3.98. The molecule has 0 radical (unpaired) electrons. The summed E-state index contributed by atoms with van der Waals surface area (Å²) in [4.78, 5) is 5.59. The van der Waals surface area contributed by atoms with Crippen LogP contribution in [-0.4, -0.2) is 0 Å². The Labute approximate surface area is 325 Å². The number of hydrogen-bond donors (Lipinski definition) is 0. The van der Waals surface area contributed by atoms with Crippen LogP contribution < -0.4 is 4.90 Å². The Morgan fingerprint density at radius 3 is 2.11 bits per heavy atom. The van der Waals surface area contributed by atoms with Crippen molar-refractivity contribution in [3.05, 3.63) is 150 Å². The van der Waals surface area contributed by atoms with E-state index < -0.39 is 0 Å². The Balaban J connectivity index is 1.03. The van der Waals surface area contributed by atoms with Crippen molar-refractivity contribution in [3.8, 4) is 11.1 Å². The molecule has 268 valence electrons. The van der Waals surface area contributed by atoms with E-state index in [1.807, 2.05) is 11.8 Å². The molecule has 6 aromatic rings. The summed E-state index contributed by atoms with van der Waals surface area (Å²) in [5.74, 6) is 3.56. The number of hydrogen-bond acceptors (Lipinski definition) is 2. The lowest BCUT2D eigenvalue weighted by atomic mass is 9.26. The van der Waals surface area contributed by atoms with Crippen molar-refractivity contribution in [1.29, 1.82) is 0 Å². The predicted octanol–water partition coefficient (Wildman–Crippen LogP) is 14.1. The normalized spacial score (nSPS) is 29.8. The molecule has 6 aromatic carbocycles. The van der Waals surface area contributed by atoms with E-state index in [-0.39, 0.29) is 16.2 Å². The van der Waals surface area contributed by atoms with Crippen LogP contribution in [0.15, 0.2) is 137 Å². The van der Waals surface area contributed by atoms with Crippen LogP contribution in [0, 0.1) is 29.1 Å². The maximum absolute atomic E-state index is 2.61. The second-order valence-electron chi connectivity index (χ2n) is 19.3. The SMILES string of the molecule is CC1(C)CCC(C)(C)c2c(N(c3ccc(-c4ccc5ccccc5c4)cc3)c3ccc4c(c3)Sc3ccccc3C43C4CC5CC6CC3C64C5)cccc21. The quantitative estimate of drug-likeness (QED) is 0.178. The van der Waals surface area contributed by atoms with E-state index in [1.165, 1.54) is 98.4 Å². The molecule has 1 aliphatic heterocycles. The molecule has 0 aromatic heterocycles. The van der Waals surface area contributed by atoms with E-state index in [9.17, 15) is 0 Å². The molecular formula is C52H49NS. The fourth-order valence-electron chi connectivity index (χ4n) is 13.7. The highest BCUT2D eigenvalue weighted by molar-refractivity contribution is 7.99. The Morgan fingerprint density at radius 1 is 0.556 bits per heavy atom. The second-order valence-corrected chi connectivity index (χ2v) is 20.3. The lowest BCUT2D eigenvalue weighted by Crippen LogP contribution is -2.74. The summed E-state index contributed by atoms with van der Waals surface area (Å²) in [5.41, 5.74) is 13.7. The summed E-state index contributed by atoms with van der Waals surface area (Å²) in [6.07, 6.45) is 8.28. The first kappa shape index (κ1) is 32.0. The van der Waals surface area contributed by atoms with Crippen molar-refractivity contribution in [2.45, 2.75) is 92.3 Å². The fraction of sp³-hybridized carbons (Fsp3) is 0.346. The van der Waals surface area contributed by atoms with Gasteiger partial charge >= 0.3 is 0 Å². The second kappa shape index (κ2) is 10.7. The summed E-state index contributed by atoms with van der Waals surface area (Å²) in [5, 5.41) is 2.57. The summed E-state index contributed by atoms with van der Waals surface area (Å²) < 4.78 is 0. The molecule has 5 aliphatic carbocycles. The number of rotatable bonds is 4. The maximum Gasteiger partial charge on any atom is 0.0502 e. The molecule has 6 aliphatic rings. The zero-order valence-corrected chi connectivity index (χ0v) is 32.8.